The first-order chi connectivity index (χ1) is 20.0. The largest absolute Gasteiger partial charge is 0.395 e. The molecule has 3 aliphatic rings. The number of anilines is 2. The van der Waals surface area contributed by atoms with Gasteiger partial charge in [0.2, 0.25) is 5.91 Å². The highest BCUT2D eigenvalue weighted by Gasteiger charge is 2.31. The highest BCUT2D eigenvalue weighted by molar-refractivity contribution is 7.17. The van der Waals surface area contributed by atoms with Gasteiger partial charge in [-0.1, -0.05) is 24.3 Å². The van der Waals surface area contributed by atoms with Gasteiger partial charge in [-0.05, 0) is 49.1 Å². The van der Waals surface area contributed by atoms with Gasteiger partial charge < -0.3 is 30.3 Å². The standard InChI is InChI=1S/C30H33N5O5S/c36-14-11-31-28(37)20-17-34(13-15-40-18-20)26-7-3-5-23(33-26)30(39)35-12-10-19-16-25(29(38)32-21-8-9-21)41-27(19)22-4-1-2-6-24(22)35/h1-7,16,20-21,36H,8-15,17-18H2,(H,31,37)(H,32,38). The molecule has 2 aliphatic heterocycles. The van der Waals surface area contributed by atoms with Crippen LogP contribution in [0.25, 0.3) is 10.4 Å². The lowest BCUT2D eigenvalue weighted by molar-refractivity contribution is -0.126. The fraction of sp³-hybridized carbons (Fsp3) is 0.400. The predicted octanol–water partition coefficient (Wildman–Crippen LogP) is 2.47. The molecule has 0 bridgehead atoms. The number of carbonyl (C=O) groups excluding carboxylic acids is 3. The smallest absolute Gasteiger partial charge is 0.276 e. The molecule has 1 unspecified atom stereocenters. The number of carbonyl (C=O) groups is 3. The van der Waals surface area contributed by atoms with Crippen molar-refractivity contribution in [1.29, 1.82) is 0 Å². The quantitative estimate of drug-likeness (QED) is 0.396. The summed E-state index contributed by atoms with van der Waals surface area (Å²) >= 11 is 1.48. The summed E-state index contributed by atoms with van der Waals surface area (Å²) < 4.78 is 5.66. The minimum Gasteiger partial charge on any atom is -0.395 e. The van der Waals surface area contributed by atoms with Crippen molar-refractivity contribution in [3.8, 4) is 10.4 Å². The van der Waals surface area contributed by atoms with Crippen LogP contribution in [0.4, 0.5) is 11.5 Å². The maximum absolute atomic E-state index is 14.0. The monoisotopic (exact) mass is 575 g/mol. The van der Waals surface area contributed by atoms with Gasteiger partial charge in [0.05, 0.1) is 36.3 Å². The molecule has 2 aromatic heterocycles. The zero-order chi connectivity index (χ0) is 28.3. The van der Waals surface area contributed by atoms with Gasteiger partial charge in [0, 0.05) is 42.7 Å². The van der Waals surface area contributed by atoms with E-state index in [1.54, 1.807) is 11.0 Å². The van der Waals surface area contributed by atoms with Crippen LogP contribution in [-0.4, -0.2) is 79.9 Å². The van der Waals surface area contributed by atoms with Crippen LogP contribution < -0.4 is 20.4 Å². The van der Waals surface area contributed by atoms with E-state index in [4.69, 9.17) is 14.8 Å². The highest BCUT2D eigenvalue weighted by Crippen LogP contribution is 2.42. The van der Waals surface area contributed by atoms with Gasteiger partial charge in [-0.2, -0.15) is 0 Å². The molecule has 0 radical (unpaired) electrons. The normalized spacial score (nSPS) is 18.5. The number of hydrogen-bond donors (Lipinski definition) is 3. The molecular weight excluding hydrogens is 542 g/mol. The third-order valence-electron chi connectivity index (χ3n) is 7.56. The van der Waals surface area contributed by atoms with Crippen molar-refractivity contribution in [2.75, 3.05) is 55.8 Å². The Morgan fingerprint density at radius 1 is 1.10 bits per heavy atom. The van der Waals surface area contributed by atoms with Gasteiger partial charge in [-0.15, -0.1) is 11.3 Å². The Morgan fingerprint density at radius 2 is 1.95 bits per heavy atom. The first-order valence-electron chi connectivity index (χ1n) is 14.0. The van der Waals surface area contributed by atoms with E-state index in [1.807, 2.05) is 47.4 Å². The summed E-state index contributed by atoms with van der Waals surface area (Å²) in [6, 6.07) is 15.4. The third-order valence-corrected chi connectivity index (χ3v) is 8.77. The number of ether oxygens (including phenoxy) is 1. The number of fused-ring (bicyclic) bond motifs is 3. The Labute approximate surface area is 242 Å². The number of para-hydroxylation sites is 1. The Hall–Kier alpha value is -3.80. The Balaban J connectivity index is 1.24. The third kappa shape index (κ3) is 5.97. The second kappa shape index (κ2) is 12.0. The molecule has 214 valence electrons. The van der Waals surface area contributed by atoms with E-state index in [9.17, 15) is 14.4 Å². The molecule has 2 fully saturated rings. The van der Waals surface area contributed by atoms with Crippen molar-refractivity contribution in [1.82, 2.24) is 15.6 Å². The number of amides is 3. The molecule has 1 aromatic carbocycles. The first-order valence-corrected chi connectivity index (χ1v) is 14.9. The van der Waals surface area contributed by atoms with Crippen LogP contribution in [0.15, 0.2) is 48.5 Å². The van der Waals surface area contributed by atoms with E-state index < -0.39 is 5.92 Å². The minimum absolute atomic E-state index is 0.0240. The van der Waals surface area contributed by atoms with Crippen molar-refractivity contribution in [3.63, 3.8) is 0 Å². The topological polar surface area (TPSA) is 124 Å². The van der Waals surface area contributed by atoms with Crippen molar-refractivity contribution in [3.05, 3.63) is 64.7 Å². The molecule has 3 N–H and O–H groups in total. The SMILES string of the molecule is O=C(NC1CC1)c1cc2c(s1)-c1ccccc1N(C(=O)c1cccc(N3CCOCC(C(=O)NCCO)C3)n1)CC2. The molecule has 41 heavy (non-hydrogen) atoms. The van der Waals surface area contributed by atoms with E-state index in [0.717, 1.165) is 34.5 Å². The molecule has 1 aliphatic carbocycles. The molecule has 6 rings (SSSR count). The number of pyridine rings is 1. The number of benzene rings is 1. The van der Waals surface area contributed by atoms with E-state index in [-0.39, 0.29) is 37.5 Å². The van der Waals surface area contributed by atoms with Crippen LogP contribution in [0, 0.1) is 5.92 Å². The Bertz CT molecular complexity index is 1450. The summed E-state index contributed by atoms with van der Waals surface area (Å²) in [6.07, 6.45) is 2.70. The molecule has 4 heterocycles. The fourth-order valence-electron chi connectivity index (χ4n) is 5.26. The zero-order valence-electron chi connectivity index (χ0n) is 22.7. The Morgan fingerprint density at radius 3 is 2.78 bits per heavy atom. The Kier molecular flexibility index (Phi) is 8.00. The number of hydrogen-bond acceptors (Lipinski definition) is 8. The van der Waals surface area contributed by atoms with E-state index in [1.165, 1.54) is 11.3 Å². The van der Waals surface area contributed by atoms with Crippen LogP contribution in [0.3, 0.4) is 0 Å². The first kappa shape index (κ1) is 27.4. The number of thiophene rings is 1. The molecule has 1 atom stereocenters. The lowest BCUT2D eigenvalue weighted by Crippen LogP contribution is -2.41. The summed E-state index contributed by atoms with van der Waals surface area (Å²) in [4.78, 5) is 49.5. The summed E-state index contributed by atoms with van der Waals surface area (Å²) in [5.41, 5.74) is 3.11. The lowest BCUT2D eigenvalue weighted by Gasteiger charge is -2.26. The number of rotatable bonds is 7. The lowest BCUT2D eigenvalue weighted by atomic mass is 10.1. The fourth-order valence-corrected chi connectivity index (χ4v) is 6.41. The summed E-state index contributed by atoms with van der Waals surface area (Å²) in [5, 5.41) is 14.8. The molecule has 0 spiro atoms. The van der Waals surface area contributed by atoms with E-state index in [0.29, 0.717) is 55.1 Å². The van der Waals surface area contributed by atoms with Gasteiger partial charge >= 0.3 is 0 Å². The number of aliphatic hydroxyl groups excluding tert-OH is 1. The summed E-state index contributed by atoms with van der Waals surface area (Å²) in [7, 11) is 0. The second-order valence-corrected chi connectivity index (χ2v) is 11.6. The molecule has 1 saturated heterocycles. The van der Waals surface area contributed by atoms with Crippen molar-refractivity contribution < 1.29 is 24.2 Å². The van der Waals surface area contributed by atoms with E-state index in [2.05, 4.69) is 10.6 Å². The van der Waals surface area contributed by atoms with Gasteiger partial charge in [0.1, 0.15) is 11.5 Å². The number of aliphatic hydroxyl groups is 1. The average Bonchev–Trinajstić information content (AvgIpc) is 3.79. The average molecular weight is 576 g/mol. The van der Waals surface area contributed by atoms with Crippen LogP contribution in [0.2, 0.25) is 0 Å². The van der Waals surface area contributed by atoms with Crippen LogP contribution in [0.5, 0.6) is 0 Å². The molecular formula is C30H33N5O5S. The molecule has 3 amide bonds. The predicted molar refractivity (Wildman–Crippen MR) is 156 cm³/mol. The second-order valence-electron chi connectivity index (χ2n) is 10.6. The van der Waals surface area contributed by atoms with Crippen LogP contribution in [0.1, 0.15) is 38.6 Å². The number of nitrogens with zero attached hydrogens (tertiary/aromatic N) is 3. The van der Waals surface area contributed by atoms with Crippen molar-refractivity contribution in [2.24, 2.45) is 5.92 Å². The molecule has 11 heteroatoms. The van der Waals surface area contributed by atoms with E-state index >= 15 is 0 Å². The molecule has 3 aromatic rings. The van der Waals surface area contributed by atoms with Crippen LogP contribution >= 0.6 is 11.3 Å². The van der Waals surface area contributed by atoms with Gasteiger partial charge in [0.15, 0.2) is 0 Å². The summed E-state index contributed by atoms with van der Waals surface area (Å²) in [5.74, 6) is -0.221. The van der Waals surface area contributed by atoms with Gasteiger partial charge in [-0.3, -0.25) is 14.4 Å². The number of nitrogens with one attached hydrogen (secondary N) is 2. The van der Waals surface area contributed by atoms with Crippen molar-refractivity contribution >= 4 is 40.6 Å². The molecule has 10 nitrogen and oxygen atoms in total. The maximum atomic E-state index is 14.0. The maximum Gasteiger partial charge on any atom is 0.276 e. The van der Waals surface area contributed by atoms with Gasteiger partial charge in [-0.25, -0.2) is 4.98 Å². The van der Waals surface area contributed by atoms with Crippen molar-refractivity contribution in [2.45, 2.75) is 25.3 Å². The highest BCUT2D eigenvalue weighted by atomic mass is 32.1. The van der Waals surface area contributed by atoms with Gasteiger partial charge in [0.25, 0.3) is 11.8 Å². The summed E-state index contributed by atoms with van der Waals surface area (Å²) in [6.45, 7) is 2.18. The molecule has 1 saturated carbocycles. The van der Waals surface area contributed by atoms with Crippen LogP contribution in [-0.2, 0) is 16.0 Å². The number of aromatic nitrogens is 1. The zero-order valence-corrected chi connectivity index (χ0v) is 23.5. The minimum atomic E-state index is -0.419.